The molecule has 2 rings (SSSR count). The molecule has 0 aromatic heterocycles. The lowest BCUT2D eigenvalue weighted by atomic mass is 10.1. The topological polar surface area (TPSA) is 38.4 Å². The highest BCUT2D eigenvalue weighted by molar-refractivity contribution is 6.01. The number of para-hydroxylation sites is 2. The van der Waals surface area contributed by atoms with E-state index >= 15 is 0 Å². The number of nitrogens with zero attached hydrogens (tertiary/aromatic N) is 1. The smallest absolute Gasteiger partial charge is 0.0862 e. The summed E-state index contributed by atoms with van der Waals surface area (Å²) in [6.45, 7) is 4.09. The highest BCUT2D eigenvalue weighted by atomic mass is 14.8. The normalized spacial score (nSPS) is 11.5. The first-order chi connectivity index (χ1) is 8.18. The van der Waals surface area contributed by atoms with Crippen LogP contribution in [0.5, 0.6) is 0 Å². The van der Waals surface area contributed by atoms with Crippen molar-refractivity contribution < 1.29 is 0 Å². The predicted molar refractivity (Wildman–Crippen MR) is 73.9 cm³/mol. The maximum atomic E-state index is 5.88. The van der Waals surface area contributed by atoms with E-state index in [0.29, 0.717) is 5.69 Å². The molecule has 0 aliphatic heterocycles. The third kappa shape index (κ3) is 2.53. The van der Waals surface area contributed by atoms with Crippen molar-refractivity contribution in [2.45, 2.75) is 13.8 Å². The molecule has 0 aliphatic rings. The first kappa shape index (κ1) is 11.4. The van der Waals surface area contributed by atoms with Crippen molar-refractivity contribution in [1.82, 2.24) is 0 Å². The second kappa shape index (κ2) is 4.83. The van der Waals surface area contributed by atoms with Crippen molar-refractivity contribution in [1.29, 1.82) is 0 Å². The maximum absolute atomic E-state index is 5.88. The van der Waals surface area contributed by atoms with Gasteiger partial charge in [-0.15, -0.1) is 0 Å². The summed E-state index contributed by atoms with van der Waals surface area (Å²) in [5, 5.41) is 0. The van der Waals surface area contributed by atoms with Crippen LogP contribution in [0.25, 0.3) is 0 Å². The van der Waals surface area contributed by atoms with Gasteiger partial charge in [-0.05, 0) is 37.1 Å². The zero-order chi connectivity index (χ0) is 12.3. The molecular formula is C15H16N2. The van der Waals surface area contributed by atoms with E-state index in [1.54, 1.807) is 0 Å². The van der Waals surface area contributed by atoms with E-state index in [0.717, 1.165) is 17.0 Å². The molecular weight excluding hydrogens is 208 g/mol. The maximum Gasteiger partial charge on any atom is 0.0862 e. The minimum Gasteiger partial charge on any atom is -0.397 e. The van der Waals surface area contributed by atoms with Crippen LogP contribution in [0.15, 0.2) is 53.5 Å². The van der Waals surface area contributed by atoms with Crippen LogP contribution in [-0.4, -0.2) is 5.71 Å². The quantitative estimate of drug-likeness (QED) is 0.612. The molecule has 0 amide bonds. The fourth-order valence-electron chi connectivity index (χ4n) is 1.81. The summed E-state index contributed by atoms with van der Waals surface area (Å²) in [6, 6.07) is 15.9. The molecule has 0 bridgehead atoms. The standard InChI is InChI=1S/C15H16N2/c1-11-7-3-4-8-13(11)12(2)17-15-10-6-5-9-14(15)16/h3-10H,16H2,1-2H3. The Kier molecular flexibility index (Phi) is 3.24. The van der Waals surface area contributed by atoms with Gasteiger partial charge in [0, 0.05) is 5.71 Å². The summed E-state index contributed by atoms with van der Waals surface area (Å²) < 4.78 is 0. The number of benzene rings is 2. The molecule has 0 aliphatic carbocycles. The second-order valence-electron chi connectivity index (χ2n) is 4.07. The summed E-state index contributed by atoms with van der Waals surface area (Å²) >= 11 is 0. The SMILES string of the molecule is CC(=Nc1ccccc1N)c1ccccc1C. The molecule has 0 saturated carbocycles. The fraction of sp³-hybridized carbons (Fsp3) is 0.133. The Morgan fingerprint density at radius 3 is 2.35 bits per heavy atom. The van der Waals surface area contributed by atoms with Crippen molar-refractivity contribution in [3.63, 3.8) is 0 Å². The third-order valence-electron chi connectivity index (χ3n) is 2.76. The van der Waals surface area contributed by atoms with Gasteiger partial charge in [0.15, 0.2) is 0 Å². The Balaban J connectivity index is 2.42. The van der Waals surface area contributed by atoms with Crippen LogP contribution in [0.4, 0.5) is 11.4 Å². The molecule has 2 heteroatoms. The number of hydrogen-bond acceptors (Lipinski definition) is 2. The minimum atomic E-state index is 0.709. The van der Waals surface area contributed by atoms with Gasteiger partial charge in [0.05, 0.1) is 11.4 Å². The van der Waals surface area contributed by atoms with Crippen LogP contribution in [0.1, 0.15) is 18.1 Å². The zero-order valence-corrected chi connectivity index (χ0v) is 10.1. The van der Waals surface area contributed by atoms with Gasteiger partial charge in [0.2, 0.25) is 0 Å². The lowest BCUT2D eigenvalue weighted by Crippen LogP contribution is -1.97. The number of aryl methyl sites for hydroxylation is 1. The molecule has 2 N–H and O–H groups in total. The van der Waals surface area contributed by atoms with Gasteiger partial charge >= 0.3 is 0 Å². The van der Waals surface area contributed by atoms with Crippen molar-refractivity contribution in [3.05, 3.63) is 59.7 Å². The lowest BCUT2D eigenvalue weighted by Gasteiger charge is -2.06. The molecule has 2 aromatic rings. The lowest BCUT2D eigenvalue weighted by molar-refractivity contribution is 1.40. The van der Waals surface area contributed by atoms with Crippen molar-refractivity contribution in [3.8, 4) is 0 Å². The van der Waals surface area contributed by atoms with E-state index in [2.05, 4.69) is 24.0 Å². The number of anilines is 1. The van der Waals surface area contributed by atoms with Crippen LogP contribution >= 0.6 is 0 Å². The molecule has 0 heterocycles. The van der Waals surface area contributed by atoms with E-state index in [1.165, 1.54) is 5.56 Å². The van der Waals surface area contributed by atoms with E-state index in [1.807, 2.05) is 43.3 Å². The molecule has 0 atom stereocenters. The summed E-state index contributed by atoms with van der Waals surface area (Å²) in [5.41, 5.74) is 10.8. The summed E-state index contributed by atoms with van der Waals surface area (Å²) in [7, 11) is 0. The number of nitrogen functional groups attached to an aromatic ring is 1. The highest BCUT2D eigenvalue weighted by Crippen LogP contribution is 2.22. The van der Waals surface area contributed by atoms with E-state index in [-0.39, 0.29) is 0 Å². The van der Waals surface area contributed by atoms with Gasteiger partial charge in [-0.3, -0.25) is 4.99 Å². The summed E-state index contributed by atoms with van der Waals surface area (Å²) in [6.07, 6.45) is 0. The molecule has 0 fully saturated rings. The van der Waals surface area contributed by atoms with Gasteiger partial charge in [0.1, 0.15) is 0 Å². The molecule has 0 unspecified atom stereocenters. The van der Waals surface area contributed by atoms with E-state index in [9.17, 15) is 0 Å². The zero-order valence-electron chi connectivity index (χ0n) is 10.1. The summed E-state index contributed by atoms with van der Waals surface area (Å²) in [5.74, 6) is 0. The largest absolute Gasteiger partial charge is 0.397 e. The van der Waals surface area contributed by atoms with E-state index < -0.39 is 0 Å². The third-order valence-corrected chi connectivity index (χ3v) is 2.76. The molecule has 2 aromatic carbocycles. The Morgan fingerprint density at radius 1 is 1.00 bits per heavy atom. The monoisotopic (exact) mass is 224 g/mol. The Bertz CT molecular complexity index is 556. The Morgan fingerprint density at radius 2 is 1.65 bits per heavy atom. The highest BCUT2D eigenvalue weighted by Gasteiger charge is 2.02. The van der Waals surface area contributed by atoms with Gasteiger partial charge < -0.3 is 5.73 Å². The first-order valence-electron chi connectivity index (χ1n) is 5.64. The van der Waals surface area contributed by atoms with Crippen molar-refractivity contribution in [2.24, 2.45) is 4.99 Å². The minimum absolute atomic E-state index is 0.709. The van der Waals surface area contributed by atoms with Gasteiger partial charge in [-0.1, -0.05) is 36.4 Å². The summed E-state index contributed by atoms with van der Waals surface area (Å²) in [4.78, 5) is 4.58. The average molecular weight is 224 g/mol. The van der Waals surface area contributed by atoms with Gasteiger partial charge in [-0.25, -0.2) is 0 Å². The first-order valence-corrected chi connectivity index (χ1v) is 5.64. The number of hydrogen-bond donors (Lipinski definition) is 1. The molecule has 2 nitrogen and oxygen atoms in total. The number of rotatable bonds is 2. The Hall–Kier alpha value is -2.09. The van der Waals surface area contributed by atoms with Gasteiger partial charge in [-0.2, -0.15) is 0 Å². The fourth-order valence-corrected chi connectivity index (χ4v) is 1.81. The van der Waals surface area contributed by atoms with E-state index in [4.69, 9.17) is 5.73 Å². The van der Waals surface area contributed by atoms with Crippen molar-refractivity contribution in [2.75, 3.05) is 5.73 Å². The van der Waals surface area contributed by atoms with Crippen LogP contribution in [0.3, 0.4) is 0 Å². The molecule has 17 heavy (non-hydrogen) atoms. The molecule has 86 valence electrons. The van der Waals surface area contributed by atoms with Crippen molar-refractivity contribution >= 4 is 17.1 Å². The number of aliphatic imine (C=N–C) groups is 1. The molecule has 0 radical (unpaired) electrons. The second-order valence-corrected chi connectivity index (χ2v) is 4.07. The predicted octanol–water partition coefficient (Wildman–Crippen LogP) is 3.72. The number of nitrogens with two attached hydrogens (primary N) is 1. The van der Waals surface area contributed by atoms with Gasteiger partial charge in [0.25, 0.3) is 0 Å². The Labute approximate surface area is 102 Å². The molecule has 0 spiro atoms. The van der Waals surface area contributed by atoms with Crippen LogP contribution < -0.4 is 5.73 Å². The van der Waals surface area contributed by atoms with Crippen LogP contribution in [0.2, 0.25) is 0 Å². The average Bonchev–Trinajstić information content (AvgIpc) is 2.32. The molecule has 0 saturated heterocycles. The van der Waals surface area contributed by atoms with Crippen LogP contribution in [-0.2, 0) is 0 Å². The van der Waals surface area contributed by atoms with Crippen LogP contribution in [0, 0.1) is 6.92 Å².